The molecule has 0 radical (unpaired) electrons. The Kier molecular flexibility index (Phi) is 9.75. The van der Waals surface area contributed by atoms with E-state index in [0.717, 1.165) is 53.8 Å². The molecule has 0 heterocycles. The number of benzene rings is 2. The first-order chi connectivity index (χ1) is 18.6. The number of hydrogen-bond donors (Lipinski definition) is 4. The molecule has 2 atom stereocenters. The molecule has 0 fully saturated rings. The lowest BCUT2D eigenvalue weighted by Crippen LogP contribution is -2.44. The molecule has 0 aliphatic heterocycles. The molecule has 0 saturated heterocycles. The van der Waals surface area contributed by atoms with Gasteiger partial charge in [-0.2, -0.15) is 0 Å². The van der Waals surface area contributed by atoms with Crippen LogP contribution >= 0.6 is 0 Å². The number of amides is 2. The summed E-state index contributed by atoms with van der Waals surface area (Å²) < 4.78 is 0. The van der Waals surface area contributed by atoms with Gasteiger partial charge in [-0.05, 0) is 54.2 Å². The van der Waals surface area contributed by atoms with E-state index in [2.05, 4.69) is 47.9 Å². The molecule has 0 bridgehead atoms. The quantitative estimate of drug-likeness (QED) is 0.311. The lowest BCUT2D eigenvalue weighted by atomic mass is 9.79. The van der Waals surface area contributed by atoms with Gasteiger partial charge in [-0.3, -0.25) is 9.59 Å². The zero-order valence-electron chi connectivity index (χ0n) is 21.9. The highest BCUT2D eigenvalue weighted by Gasteiger charge is 2.27. The summed E-state index contributed by atoms with van der Waals surface area (Å²) in [5.74, 6) is -3.52. The molecule has 1 aliphatic rings. The van der Waals surface area contributed by atoms with E-state index in [0.29, 0.717) is 12.1 Å². The van der Waals surface area contributed by atoms with Crippen molar-refractivity contribution in [3.05, 3.63) is 113 Å². The maximum atomic E-state index is 12.2. The van der Waals surface area contributed by atoms with E-state index in [1.807, 2.05) is 31.2 Å². The number of carbonyl (C=O) groups excluding carboxylic acids is 2. The van der Waals surface area contributed by atoms with E-state index in [4.69, 9.17) is 10.2 Å². The average molecular weight is 529 g/mol. The summed E-state index contributed by atoms with van der Waals surface area (Å²) in [5.41, 5.74) is 4.23. The summed E-state index contributed by atoms with van der Waals surface area (Å²) in [5, 5.41) is 23.0. The molecule has 2 amide bonds. The van der Waals surface area contributed by atoms with Crippen LogP contribution in [-0.4, -0.2) is 39.5 Å². The smallest absolute Gasteiger partial charge is 0.328 e. The summed E-state index contributed by atoms with van der Waals surface area (Å²) >= 11 is 0. The predicted octanol–water partition coefficient (Wildman–Crippen LogP) is 4.75. The van der Waals surface area contributed by atoms with Crippen molar-refractivity contribution >= 4 is 29.4 Å². The number of carbonyl (C=O) groups is 4. The molecule has 0 spiro atoms. The fourth-order valence-corrected chi connectivity index (χ4v) is 4.36. The summed E-state index contributed by atoms with van der Waals surface area (Å²) in [6.45, 7) is 4.01. The minimum Gasteiger partial charge on any atom is -0.478 e. The Labute approximate surface area is 227 Å². The molecule has 8 nitrogen and oxygen atoms in total. The monoisotopic (exact) mass is 528 g/mol. The fraction of sp³-hybridized carbons (Fsp3) is 0.226. The number of allylic oxidation sites excluding steroid dienone is 2. The Morgan fingerprint density at radius 1 is 0.872 bits per heavy atom. The second-order valence-electron chi connectivity index (χ2n) is 9.53. The zero-order valence-corrected chi connectivity index (χ0v) is 21.9. The first-order valence-corrected chi connectivity index (χ1v) is 12.6. The van der Waals surface area contributed by atoms with Gasteiger partial charge in [0.25, 0.3) is 0 Å². The van der Waals surface area contributed by atoms with Crippen molar-refractivity contribution in [1.82, 2.24) is 5.32 Å². The van der Waals surface area contributed by atoms with Crippen LogP contribution < -0.4 is 10.6 Å². The van der Waals surface area contributed by atoms with Gasteiger partial charge in [-0.1, -0.05) is 68.0 Å². The Morgan fingerprint density at radius 2 is 1.44 bits per heavy atom. The minimum atomic E-state index is -1.20. The number of aliphatic carboxylic acids is 2. The number of nitrogens with one attached hydrogen (secondary N) is 2. The molecule has 202 valence electrons. The van der Waals surface area contributed by atoms with Gasteiger partial charge in [0.1, 0.15) is 0 Å². The Morgan fingerprint density at radius 3 is 1.95 bits per heavy atom. The second kappa shape index (κ2) is 13.2. The van der Waals surface area contributed by atoms with Crippen molar-refractivity contribution in [3.8, 4) is 0 Å². The van der Waals surface area contributed by atoms with E-state index >= 15 is 0 Å². The Balaban J connectivity index is 1.86. The van der Waals surface area contributed by atoms with Gasteiger partial charge < -0.3 is 20.8 Å². The van der Waals surface area contributed by atoms with Gasteiger partial charge in [0.05, 0.1) is 5.54 Å². The van der Waals surface area contributed by atoms with Gasteiger partial charge in [0.15, 0.2) is 0 Å². The highest BCUT2D eigenvalue weighted by molar-refractivity contribution is 6.02. The Hall–Kier alpha value is -4.72. The first kappa shape index (κ1) is 28.8. The van der Waals surface area contributed by atoms with Crippen LogP contribution in [0.25, 0.3) is 0 Å². The number of hydrogen-bond acceptors (Lipinski definition) is 4. The van der Waals surface area contributed by atoms with Gasteiger partial charge in [-0.15, -0.1) is 0 Å². The van der Waals surface area contributed by atoms with E-state index < -0.39 is 29.3 Å². The minimum absolute atomic E-state index is 0.110. The lowest BCUT2D eigenvalue weighted by molar-refractivity contribution is -0.132. The van der Waals surface area contributed by atoms with Gasteiger partial charge in [-0.25, -0.2) is 9.59 Å². The zero-order chi connectivity index (χ0) is 28.4. The highest BCUT2D eigenvalue weighted by Crippen LogP contribution is 2.37. The van der Waals surface area contributed by atoms with Crippen LogP contribution in [0.4, 0.5) is 5.69 Å². The second-order valence-corrected chi connectivity index (χ2v) is 9.53. The largest absolute Gasteiger partial charge is 0.478 e. The summed E-state index contributed by atoms with van der Waals surface area (Å²) in [7, 11) is 0. The number of carboxylic acid groups (broad SMARTS) is 2. The molecular formula is C31H32N2O6. The van der Waals surface area contributed by atoms with E-state index in [-0.39, 0.29) is 5.92 Å². The summed E-state index contributed by atoms with van der Waals surface area (Å²) in [4.78, 5) is 45.5. The van der Waals surface area contributed by atoms with Crippen molar-refractivity contribution in [2.24, 2.45) is 0 Å². The van der Waals surface area contributed by atoms with Crippen LogP contribution in [0.2, 0.25) is 0 Å². The van der Waals surface area contributed by atoms with Crippen LogP contribution in [0.1, 0.15) is 49.3 Å². The Bertz CT molecular complexity index is 1340. The molecule has 8 heteroatoms. The van der Waals surface area contributed by atoms with E-state index in [1.165, 1.54) is 5.56 Å². The first-order valence-electron chi connectivity index (χ1n) is 12.6. The molecule has 1 aliphatic carbocycles. The molecule has 4 N–H and O–H groups in total. The number of aryl methyl sites for hydroxylation is 1. The molecule has 2 unspecified atom stereocenters. The standard InChI is InChI=1S/C31H32N2O6/c1-3-4-21-5-7-22(8-6-21)30(23-9-11-25(12-10-23)32-26(34)13-15-28(36)37)24-17-19-31(2,20-18-24)33-27(35)14-16-29(38)39/h5-19,30H,3-4,20H2,1-2H3,(H,32,34)(H,33,35)(H,36,37)(H,38,39)/b15-13+,16-14+. The van der Waals surface area contributed by atoms with Crippen molar-refractivity contribution in [3.63, 3.8) is 0 Å². The van der Waals surface area contributed by atoms with E-state index in [9.17, 15) is 19.2 Å². The van der Waals surface area contributed by atoms with Crippen LogP contribution in [-0.2, 0) is 25.6 Å². The SMILES string of the molecule is CCCc1ccc(C(C2=CCC(C)(NC(=O)/C=C/C(=O)O)C=C2)c2ccc(NC(=O)/C=C/C(=O)O)cc2)cc1. The van der Waals surface area contributed by atoms with E-state index in [1.54, 1.807) is 12.1 Å². The third-order valence-corrected chi connectivity index (χ3v) is 6.27. The molecule has 0 aromatic heterocycles. The number of anilines is 1. The summed E-state index contributed by atoms with van der Waals surface area (Å²) in [6, 6.07) is 15.9. The highest BCUT2D eigenvalue weighted by atomic mass is 16.4. The molecule has 3 rings (SSSR count). The molecule has 0 saturated carbocycles. The molecular weight excluding hydrogens is 496 g/mol. The molecule has 39 heavy (non-hydrogen) atoms. The van der Waals surface area contributed by atoms with Gasteiger partial charge >= 0.3 is 11.9 Å². The summed E-state index contributed by atoms with van der Waals surface area (Å²) in [6.07, 6.45) is 12.1. The maximum Gasteiger partial charge on any atom is 0.328 e. The lowest BCUT2D eigenvalue weighted by Gasteiger charge is -2.31. The normalized spacial score (nSPS) is 17.5. The number of carboxylic acids is 2. The van der Waals surface area contributed by atoms with Crippen LogP contribution in [0.3, 0.4) is 0 Å². The fourth-order valence-electron chi connectivity index (χ4n) is 4.36. The average Bonchev–Trinajstić information content (AvgIpc) is 2.89. The third-order valence-electron chi connectivity index (χ3n) is 6.27. The maximum absolute atomic E-state index is 12.2. The van der Waals surface area contributed by atoms with Crippen molar-refractivity contribution in [2.45, 2.75) is 44.6 Å². The molecule has 2 aromatic rings. The van der Waals surface area contributed by atoms with Crippen molar-refractivity contribution < 1.29 is 29.4 Å². The third kappa shape index (κ3) is 8.67. The van der Waals surface area contributed by atoms with Crippen LogP contribution in [0, 0.1) is 0 Å². The van der Waals surface area contributed by atoms with Gasteiger partial charge in [0, 0.05) is 35.9 Å². The number of rotatable bonds is 11. The molecule has 2 aromatic carbocycles. The predicted molar refractivity (Wildman–Crippen MR) is 149 cm³/mol. The van der Waals surface area contributed by atoms with Crippen molar-refractivity contribution in [2.75, 3.05) is 5.32 Å². The van der Waals surface area contributed by atoms with Crippen LogP contribution in [0.5, 0.6) is 0 Å². The van der Waals surface area contributed by atoms with Crippen molar-refractivity contribution in [1.29, 1.82) is 0 Å². The topological polar surface area (TPSA) is 133 Å². The van der Waals surface area contributed by atoms with Crippen LogP contribution in [0.15, 0.2) is 96.6 Å². The van der Waals surface area contributed by atoms with Gasteiger partial charge in [0.2, 0.25) is 11.8 Å².